The van der Waals surface area contributed by atoms with Gasteiger partial charge in [0, 0.05) is 44.1 Å². The van der Waals surface area contributed by atoms with Gasteiger partial charge in [0.15, 0.2) is 0 Å². The molecule has 0 aliphatic heterocycles. The van der Waals surface area contributed by atoms with Crippen molar-refractivity contribution in [2.75, 3.05) is 6.54 Å². The minimum Gasteiger partial charge on any atom is -0.352 e. The lowest BCUT2D eigenvalue weighted by Gasteiger charge is -2.10. The summed E-state index contributed by atoms with van der Waals surface area (Å²) in [5.41, 5.74) is 0.131. The quantitative estimate of drug-likeness (QED) is 0.725. The number of rotatable bonds is 5. The van der Waals surface area contributed by atoms with Crippen LogP contribution in [-0.4, -0.2) is 26.6 Å². The Hall–Kier alpha value is -2.96. The molecule has 0 saturated carbocycles. The maximum Gasteiger partial charge on any atom is 0.256 e. The van der Waals surface area contributed by atoms with Gasteiger partial charge >= 0.3 is 0 Å². The molecule has 0 spiro atoms. The molecule has 6 nitrogen and oxygen atoms in total. The minimum atomic E-state index is -0.502. The first-order chi connectivity index (χ1) is 11.6. The number of aryl methyl sites for hydroxylation is 2. The summed E-state index contributed by atoms with van der Waals surface area (Å²) in [6.07, 6.45) is 7.43. The zero-order chi connectivity index (χ0) is 17.1. The molecule has 2 aromatic heterocycles. The maximum atomic E-state index is 13.4. The predicted molar refractivity (Wildman–Crippen MR) is 88.3 cm³/mol. The molecule has 0 aliphatic carbocycles. The summed E-state index contributed by atoms with van der Waals surface area (Å²) in [7, 11) is 1.72. The van der Waals surface area contributed by atoms with E-state index >= 15 is 0 Å². The van der Waals surface area contributed by atoms with Gasteiger partial charge in [-0.2, -0.15) is 0 Å². The minimum absolute atomic E-state index is 0.0123. The van der Waals surface area contributed by atoms with Gasteiger partial charge in [-0.05, 0) is 24.6 Å². The Bertz CT molecular complexity index is 932. The number of hydrogen-bond acceptors (Lipinski definition) is 3. The molecule has 0 unspecified atom stereocenters. The van der Waals surface area contributed by atoms with Crippen LogP contribution in [0.4, 0.5) is 4.39 Å². The van der Waals surface area contributed by atoms with Crippen molar-refractivity contribution in [2.45, 2.75) is 13.0 Å². The Balaban J connectivity index is 1.75. The molecule has 1 N–H and O–H groups in total. The average molecular weight is 328 g/mol. The highest BCUT2D eigenvalue weighted by Gasteiger charge is 2.14. The Morgan fingerprint density at radius 2 is 2.21 bits per heavy atom. The molecule has 7 heteroatoms. The van der Waals surface area contributed by atoms with Crippen molar-refractivity contribution in [3.05, 3.63) is 64.7 Å². The molecule has 0 aliphatic rings. The van der Waals surface area contributed by atoms with Crippen molar-refractivity contribution in [3.8, 4) is 0 Å². The van der Waals surface area contributed by atoms with Crippen molar-refractivity contribution in [1.82, 2.24) is 19.4 Å². The Labute approximate surface area is 137 Å². The van der Waals surface area contributed by atoms with Crippen LogP contribution >= 0.6 is 0 Å². The standard InChI is InChI=1S/C17H17FN4O2/c1-21-10-14(16(23)13-9-12(18)3-4-15(13)21)17(24)20-5-2-7-22-8-6-19-11-22/h3-4,6,8-11H,2,5,7H2,1H3,(H,20,24). The second-order valence-corrected chi connectivity index (χ2v) is 5.55. The van der Waals surface area contributed by atoms with Gasteiger partial charge in [0.25, 0.3) is 5.91 Å². The molecule has 0 atom stereocenters. The summed E-state index contributed by atoms with van der Waals surface area (Å²) in [4.78, 5) is 28.7. The van der Waals surface area contributed by atoms with E-state index in [-0.39, 0.29) is 10.9 Å². The smallest absolute Gasteiger partial charge is 0.256 e. The number of carbonyl (C=O) groups is 1. The number of aromatic nitrogens is 3. The van der Waals surface area contributed by atoms with Crippen molar-refractivity contribution < 1.29 is 9.18 Å². The summed E-state index contributed by atoms with van der Waals surface area (Å²) in [6.45, 7) is 1.16. The van der Waals surface area contributed by atoms with E-state index in [1.54, 1.807) is 24.1 Å². The van der Waals surface area contributed by atoms with E-state index in [4.69, 9.17) is 0 Å². The lowest BCUT2D eigenvalue weighted by Crippen LogP contribution is -2.30. The highest BCUT2D eigenvalue weighted by Crippen LogP contribution is 2.12. The van der Waals surface area contributed by atoms with Crippen molar-refractivity contribution in [2.24, 2.45) is 7.05 Å². The van der Waals surface area contributed by atoms with Crippen LogP contribution < -0.4 is 10.7 Å². The van der Waals surface area contributed by atoms with Gasteiger partial charge in [0.05, 0.1) is 11.8 Å². The first-order valence-corrected chi connectivity index (χ1v) is 7.59. The van der Waals surface area contributed by atoms with Gasteiger partial charge in [0.2, 0.25) is 5.43 Å². The number of amides is 1. The molecule has 0 bridgehead atoms. The normalized spacial score (nSPS) is 10.9. The first kappa shape index (κ1) is 15.9. The van der Waals surface area contributed by atoms with Crippen LogP contribution in [0.2, 0.25) is 0 Å². The van der Waals surface area contributed by atoms with Crippen LogP contribution in [0, 0.1) is 5.82 Å². The number of hydrogen-bond donors (Lipinski definition) is 1. The fourth-order valence-corrected chi connectivity index (χ4v) is 2.60. The molecule has 24 heavy (non-hydrogen) atoms. The van der Waals surface area contributed by atoms with Crippen LogP contribution in [0.3, 0.4) is 0 Å². The second kappa shape index (κ2) is 6.66. The van der Waals surface area contributed by atoms with Crippen LogP contribution in [-0.2, 0) is 13.6 Å². The third-order valence-electron chi connectivity index (χ3n) is 3.83. The van der Waals surface area contributed by atoms with E-state index in [0.717, 1.165) is 12.6 Å². The van der Waals surface area contributed by atoms with Gasteiger partial charge in [-0.25, -0.2) is 9.37 Å². The number of carbonyl (C=O) groups excluding carboxylic acids is 1. The van der Waals surface area contributed by atoms with E-state index in [1.165, 1.54) is 18.3 Å². The Morgan fingerprint density at radius 3 is 2.96 bits per heavy atom. The number of nitrogens with zero attached hydrogens (tertiary/aromatic N) is 3. The largest absolute Gasteiger partial charge is 0.352 e. The molecule has 0 radical (unpaired) electrons. The van der Waals surface area contributed by atoms with Gasteiger partial charge in [-0.1, -0.05) is 0 Å². The lowest BCUT2D eigenvalue weighted by atomic mass is 10.1. The topological polar surface area (TPSA) is 68.9 Å². The number of benzene rings is 1. The van der Waals surface area contributed by atoms with Gasteiger partial charge in [-0.3, -0.25) is 9.59 Å². The number of pyridine rings is 1. The predicted octanol–water partition coefficient (Wildman–Crippen LogP) is 1.69. The van der Waals surface area contributed by atoms with E-state index < -0.39 is 17.2 Å². The van der Waals surface area contributed by atoms with Crippen LogP contribution in [0.25, 0.3) is 10.9 Å². The molecule has 2 heterocycles. The van der Waals surface area contributed by atoms with E-state index in [0.29, 0.717) is 18.5 Å². The zero-order valence-electron chi connectivity index (χ0n) is 13.2. The van der Waals surface area contributed by atoms with Gasteiger partial charge in [0.1, 0.15) is 11.4 Å². The number of nitrogens with one attached hydrogen (secondary N) is 1. The fraction of sp³-hybridized carbons (Fsp3) is 0.235. The monoisotopic (exact) mass is 328 g/mol. The molecule has 3 aromatic rings. The Kier molecular flexibility index (Phi) is 4.41. The van der Waals surface area contributed by atoms with Crippen LogP contribution in [0.5, 0.6) is 0 Å². The van der Waals surface area contributed by atoms with Crippen molar-refractivity contribution in [3.63, 3.8) is 0 Å². The summed E-state index contributed by atoms with van der Waals surface area (Å²) in [6, 6.07) is 3.98. The second-order valence-electron chi connectivity index (χ2n) is 5.55. The number of imidazole rings is 1. The van der Waals surface area contributed by atoms with Crippen LogP contribution in [0.15, 0.2) is 47.9 Å². The molecule has 3 rings (SSSR count). The third kappa shape index (κ3) is 3.19. The molecule has 1 amide bonds. The molecule has 1 aromatic carbocycles. The van der Waals surface area contributed by atoms with E-state index in [2.05, 4.69) is 10.3 Å². The van der Waals surface area contributed by atoms with Gasteiger partial charge < -0.3 is 14.5 Å². The maximum absolute atomic E-state index is 13.4. The van der Waals surface area contributed by atoms with E-state index in [9.17, 15) is 14.0 Å². The van der Waals surface area contributed by atoms with Crippen molar-refractivity contribution in [1.29, 1.82) is 0 Å². The summed E-state index contributed by atoms with van der Waals surface area (Å²) in [5, 5.41) is 2.93. The Morgan fingerprint density at radius 1 is 1.38 bits per heavy atom. The summed E-state index contributed by atoms with van der Waals surface area (Å²) >= 11 is 0. The first-order valence-electron chi connectivity index (χ1n) is 7.59. The molecular weight excluding hydrogens is 311 g/mol. The van der Waals surface area contributed by atoms with Crippen molar-refractivity contribution >= 4 is 16.8 Å². The van der Waals surface area contributed by atoms with Crippen LogP contribution in [0.1, 0.15) is 16.8 Å². The molecule has 0 saturated heterocycles. The molecule has 124 valence electrons. The summed E-state index contributed by atoms with van der Waals surface area (Å²) in [5.74, 6) is -0.954. The fourth-order valence-electron chi connectivity index (χ4n) is 2.60. The summed E-state index contributed by atoms with van der Waals surface area (Å²) < 4.78 is 17.0. The number of halogens is 1. The third-order valence-corrected chi connectivity index (χ3v) is 3.83. The molecular formula is C17H17FN4O2. The highest BCUT2D eigenvalue weighted by molar-refractivity contribution is 5.97. The lowest BCUT2D eigenvalue weighted by molar-refractivity contribution is 0.0951. The van der Waals surface area contributed by atoms with Gasteiger partial charge in [-0.15, -0.1) is 0 Å². The average Bonchev–Trinajstić information content (AvgIpc) is 3.08. The van der Waals surface area contributed by atoms with E-state index in [1.807, 2.05) is 10.8 Å². The zero-order valence-corrected chi connectivity index (χ0v) is 13.2. The SMILES string of the molecule is Cn1cc(C(=O)NCCCn2ccnc2)c(=O)c2cc(F)ccc21. The molecule has 0 fully saturated rings. The highest BCUT2D eigenvalue weighted by atomic mass is 19.1. The number of fused-ring (bicyclic) bond motifs is 1.